The first-order chi connectivity index (χ1) is 17.9. The lowest BCUT2D eigenvalue weighted by Gasteiger charge is -2.28. The molecule has 6 nitrogen and oxygen atoms in total. The van der Waals surface area contributed by atoms with Crippen molar-refractivity contribution in [1.82, 2.24) is 4.90 Å². The van der Waals surface area contributed by atoms with Gasteiger partial charge in [0.15, 0.2) is 5.78 Å². The highest BCUT2D eigenvalue weighted by Crippen LogP contribution is 2.34. The van der Waals surface area contributed by atoms with E-state index in [1.54, 1.807) is 57.5 Å². The molecule has 3 aromatic rings. The summed E-state index contributed by atoms with van der Waals surface area (Å²) in [7, 11) is 6.67. The second-order valence-corrected chi connectivity index (χ2v) is 8.83. The highest BCUT2D eigenvalue weighted by Gasteiger charge is 2.32. The lowest BCUT2D eigenvalue weighted by atomic mass is 9.80. The fraction of sp³-hybridized carbons (Fsp3) is 0.290. The minimum absolute atomic E-state index is 0.0676. The van der Waals surface area contributed by atoms with Crippen LogP contribution in [0.15, 0.2) is 84.9 Å². The third-order valence-corrected chi connectivity index (χ3v) is 6.17. The summed E-state index contributed by atoms with van der Waals surface area (Å²) in [5.41, 5.74) is 2.25. The van der Waals surface area contributed by atoms with Crippen molar-refractivity contribution >= 4 is 17.4 Å². The van der Waals surface area contributed by atoms with Crippen LogP contribution in [0.1, 0.15) is 40.7 Å². The van der Waals surface area contributed by atoms with Crippen molar-refractivity contribution in [2.24, 2.45) is 5.92 Å². The molecule has 0 saturated carbocycles. The average Bonchev–Trinajstić information content (AvgIpc) is 2.93. The average molecular weight is 502 g/mol. The summed E-state index contributed by atoms with van der Waals surface area (Å²) >= 11 is 0. The minimum atomic E-state index is -0.577. The fourth-order valence-electron chi connectivity index (χ4n) is 4.23. The normalized spacial score (nSPS) is 12.8. The van der Waals surface area contributed by atoms with E-state index in [0.717, 1.165) is 16.9 Å². The number of rotatable bonds is 12. The molecule has 0 aliphatic heterocycles. The van der Waals surface area contributed by atoms with E-state index in [2.05, 4.69) is 0 Å². The van der Waals surface area contributed by atoms with Crippen molar-refractivity contribution in [2.75, 3.05) is 34.9 Å². The monoisotopic (exact) mass is 501 g/mol. The molecule has 3 rings (SSSR count). The summed E-state index contributed by atoms with van der Waals surface area (Å²) in [6.45, 7) is 2.35. The van der Waals surface area contributed by atoms with Crippen molar-refractivity contribution in [3.05, 3.63) is 102 Å². The number of ether oxygens (including phenoxy) is 3. The molecular formula is C31H35NO5. The Morgan fingerprint density at radius 3 is 1.84 bits per heavy atom. The number of likely N-dealkylation sites (N-methyl/N-ethyl adjacent to an activating group) is 1. The molecule has 3 aromatic carbocycles. The number of hydrogen-bond donors (Lipinski definition) is 0. The number of carbonyl (C=O) groups is 2. The Kier molecular flexibility index (Phi) is 9.90. The first-order valence-corrected chi connectivity index (χ1v) is 12.3. The van der Waals surface area contributed by atoms with Crippen LogP contribution < -0.4 is 9.47 Å². The van der Waals surface area contributed by atoms with Gasteiger partial charge in [0.25, 0.3) is 0 Å². The summed E-state index contributed by atoms with van der Waals surface area (Å²) in [5, 5.41) is 0. The minimum Gasteiger partial charge on any atom is -0.497 e. The zero-order valence-corrected chi connectivity index (χ0v) is 22.1. The molecule has 0 spiro atoms. The Morgan fingerprint density at radius 1 is 0.811 bits per heavy atom. The number of Topliss-reactive ketones (excluding diaryl/α,β-unsaturated/α-hetero) is 1. The van der Waals surface area contributed by atoms with Gasteiger partial charge in [0, 0.05) is 37.6 Å². The van der Waals surface area contributed by atoms with Crippen LogP contribution >= 0.6 is 0 Å². The molecule has 0 heterocycles. The van der Waals surface area contributed by atoms with Gasteiger partial charge in [-0.3, -0.25) is 9.59 Å². The van der Waals surface area contributed by atoms with Gasteiger partial charge in [-0.15, -0.1) is 0 Å². The van der Waals surface area contributed by atoms with E-state index in [1.807, 2.05) is 67.6 Å². The largest absolute Gasteiger partial charge is 0.497 e. The van der Waals surface area contributed by atoms with Gasteiger partial charge in [-0.25, -0.2) is 0 Å². The molecule has 0 radical (unpaired) electrons. The number of allylic oxidation sites excluding steroid dienone is 1. The van der Waals surface area contributed by atoms with Crippen LogP contribution in [0.3, 0.4) is 0 Å². The first kappa shape index (κ1) is 27.5. The van der Waals surface area contributed by atoms with Gasteiger partial charge in [-0.1, -0.05) is 30.3 Å². The number of carbonyl (C=O) groups excluding carboxylic acids is 2. The summed E-state index contributed by atoms with van der Waals surface area (Å²) in [5.74, 6) is 0.835. The third-order valence-electron chi connectivity index (χ3n) is 6.17. The molecule has 0 aliphatic carbocycles. The number of benzene rings is 3. The van der Waals surface area contributed by atoms with E-state index in [4.69, 9.17) is 14.2 Å². The highest BCUT2D eigenvalue weighted by atomic mass is 16.5. The molecule has 2 atom stereocenters. The van der Waals surface area contributed by atoms with Gasteiger partial charge in [0.1, 0.15) is 17.3 Å². The molecule has 0 bridgehead atoms. The summed E-state index contributed by atoms with van der Waals surface area (Å²) < 4.78 is 16.6. The maximum Gasteiger partial charge on any atom is 0.230 e. The molecule has 0 fully saturated rings. The molecule has 6 heteroatoms. The molecule has 0 aromatic heterocycles. The van der Waals surface area contributed by atoms with E-state index < -0.39 is 11.8 Å². The van der Waals surface area contributed by atoms with Gasteiger partial charge >= 0.3 is 0 Å². The molecule has 0 aliphatic rings. The van der Waals surface area contributed by atoms with E-state index in [-0.39, 0.29) is 18.1 Å². The van der Waals surface area contributed by atoms with E-state index >= 15 is 0 Å². The topological polar surface area (TPSA) is 65.1 Å². The summed E-state index contributed by atoms with van der Waals surface area (Å²) in [6, 6.07) is 24.2. The second kappa shape index (κ2) is 13.3. The molecule has 37 heavy (non-hydrogen) atoms. The van der Waals surface area contributed by atoms with Gasteiger partial charge < -0.3 is 19.1 Å². The lowest BCUT2D eigenvalue weighted by Crippen LogP contribution is -2.33. The van der Waals surface area contributed by atoms with Crippen molar-refractivity contribution in [1.29, 1.82) is 0 Å². The van der Waals surface area contributed by atoms with E-state index in [0.29, 0.717) is 23.7 Å². The highest BCUT2D eigenvalue weighted by molar-refractivity contribution is 5.97. The molecule has 2 unspecified atom stereocenters. The zero-order valence-electron chi connectivity index (χ0n) is 22.1. The third kappa shape index (κ3) is 7.23. The maximum atomic E-state index is 13.6. The van der Waals surface area contributed by atoms with Gasteiger partial charge in [0.2, 0.25) is 5.91 Å². The van der Waals surface area contributed by atoms with Crippen molar-refractivity contribution in [3.63, 3.8) is 0 Å². The standard InChI is InChI=1S/C31H35NO5/c1-6-37-29(23-14-18-27(36-5)19-15-23)21-25(20-28(33)22-12-16-26(35-4)17-13-22)30(31(34)32(2)3)24-10-8-7-9-11-24/h7-19,21,25,30H,6,20H2,1-5H3/b29-21-. The van der Waals surface area contributed by atoms with Crippen LogP contribution in [-0.2, 0) is 9.53 Å². The SMILES string of the molecule is CCO/C(=C\C(CC(=O)c1ccc(OC)cc1)C(C(=O)N(C)C)c1ccccc1)c1ccc(OC)cc1. The number of hydrogen-bond acceptors (Lipinski definition) is 5. The zero-order chi connectivity index (χ0) is 26.8. The first-order valence-electron chi connectivity index (χ1n) is 12.3. The number of methoxy groups -OCH3 is 2. The number of amides is 1. The summed E-state index contributed by atoms with van der Waals surface area (Å²) in [6.07, 6.45) is 2.05. The Morgan fingerprint density at radius 2 is 1.35 bits per heavy atom. The van der Waals surface area contributed by atoms with Gasteiger partial charge in [0.05, 0.1) is 26.7 Å². The number of nitrogens with zero attached hydrogens (tertiary/aromatic N) is 1. The van der Waals surface area contributed by atoms with Crippen LogP contribution in [0.25, 0.3) is 5.76 Å². The fourth-order valence-corrected chi connectivity index (χ4v) is 4.23. The van der Waals surface area contributed by atoms with E-state index in [9.17, 15) is 9.59 Å². The summed E-state index contributed by atoms with van der Waals surface area (Å²) in [4.78, 5) is 28.6. The van der Waals surface area contributed by atoms with Crippen LogP contribution in [0.5, 0.6) is 11.5 Å². The van der Waals surface area contributed by atoms with Crippen LogP contribution in [-0.4, -0.2) is 51.5 Å². The molecule has 0 N–H and O–H groups in total. The Labute approximate surface area is 219 Å². The Hall–Kier alpha value is -4.06. The van der Waals surface area contributed by atoms with Gasteiger partial charge in [-0.2, -0.15) is 0 Å². The van der Waals surface area contributed by atoms with Gasteiger partial charge in [-0.05, 0) is 67.1 Å². The Balaban J connectivity index is 2.11. The molecular weight excluding hydrogens is 466 g/mol. The Bertz CT molecular complexity index is 1180. The molecule has 0 saturated heterocycles. The molecule has 1 amide bonds. The predicted molar refractivity (Wildman–Crippen MR) is 146 cm³/mol. The maximum absolute atomic E-state index is 13.6. The van der Waals surface area contributed by atoms with E-state index in [1.165, 1.54) is 0 Å². The van der Waals surface area contributed by atoms with Crippen molar-refractivity contribution < 1.29 is 23.8 Å². The smallest absolute Gasteiger partial charge is 0.230 e. The lowest BCUT2D eigenvalue weighted by molar-refractivity contribution is -0.131. The van der Waals surface area contributed by atoms with Crippen molar-refractivity contribution in [2.45, 2.75) is 19.3 Å². The van der Waals surface area contributed by atoms with Crippen molar-refractivity contribution in [3.8, 4) is 11.5 Å². The van der Waals surface area contributed by atoms with Crippen LogP contribution in [0, 0.1) is 5.92 Å². The quantitative estimate of drug-likeness (QED) is 0.230. The number of ketones is 1. The second-order valence-electron chi connectivity index (χ2n) is 8.83. The molecule has 194 valence electrons. The van der Waals surface area contributed by atoms with Crippen LogP contribution in [0.4, 0.5) is 0 Å². The van der Waals surface area contributed by atoms with Crippen LogP contribution in [0.2, 0.25) is 0 Å². The predicted octanol–water partition coefficient (Wildman–Crippen LogP) is 5.84.